The Balaban J connectivity index is 1.81. The summed E-state index contributed by atoms with van der Waals surface area (Å²) in [4.78, 5) is 5.19. The quantitative estimate of drug-likeness (QED) is 0.228. The molecule has 0 bridgehead atoms. The van der Waals surface area contributed by atoms with E-state index in [1.54, 1.807) is 0 Å². The van der Waals surface area contributed by atoms with Crippen molar-refractivity contribution in [3.8, 4) is 17.1 Å². The van der Waals surface area contributed by atoms with Gasteiger partial charge in [0, 0.05) is 25.7 Å². The van der Waals surface area contributed by atoms with E-state index in [2.05, 4.69) is 117 Å². The average molecular weight is 489 g/mol. The second kappa shape index (κ2) is 9.22. The van der Waals surface area contributed by atoms with Crippen molar-refractivity contribution in [3.63, 3.8) is 0 Å². The fourth-order valence-corrected chi connectivity index (χ4v) is 6.72. The van der Waals surface area contributed by atoms with Crippen LogP contribution >= 0.6 is 11.3 Å². The third kappa shape index (κ3) is 3.92. The first kappa shape index (κ1) is 23.0. The Hall–Kier alpha value is -3.43. The average Bonchev–Trinajstić information content (AvgIpc) is 3.44. The van der Waals surface area contributed by atoms with Gasteiger partial charge in [-0.25, -0.2) is 4.98 Å². The number of hydrogen-bond acceptors (Lipinski definition) is 2. The number of fused-ring (bicyclic) bond motifs is 4. The van der Waals surface area contributed by atoms with Crippen LogP contribution in [0.3, 0.4) is 0 Å². The van der Waals surface area contributed by atoms with Gasteiger partial charge < -0.3 is 0 Å². The Morgan fingerprint density at radius 2 is 1.42 bits per heavy atom. The van der Waals surface area contributed by atoms with Gasteiger partial charge in [0.2, 0.25) is 0 Å². The van der Waals surface area contributed by atoms with E-state index in [-0.39, 0.29) is 0 Å². The highest BCUT2D eigenvalue weighted by molar-refractivity contribution is 7.26. The molecule has 0 saturated heterocycles. The molecule has 0 unspecified atom stereocenters. The molecule has 0 aliphatic carbocycles. The maximum absolute atomic E-state index is 5.19. The standard InChI is InChI=1S/C33H32N2S/c1-21(2)18-24-20-25(19-22(3)4)32-30(26-14-8-11-17-29(26)36-32)31(24)35-28-16-10-9-15-27(28)34-33(35)23-12-6-5-7-13-23/h5-17,20-22H,18-19H2,1-4H3. The van der Waals surface area contributed by atoms with Crippen molar-refractivity contribution < 1.29 is 0 Å². The summed E-state index contributed by atoms with van der Waals surface area (Å²) in [6.07, 6.45) is 2.12. The molecule has 0 amide bonds. The largest absolute Gasteiger partial charge is 0.291 e. The van der Waals surface area contributed by atoms with Gasteiger partial charge in [-0.05, 0) is 54.0 Å². The molecule has 2 aromatic heterocycles. The van der Waals surface area contributed by atoms with Gasteiger partial charge in [-0.15, -0.1) is 11.3 Å². The van der Waals surface area contributed by atoms with Crippen LogP contribution < -0.4 is 0 Å². The van der Waals surface area contributed by atoms with E-state index in [0.29, 0.717) is 11.8 Å². The summed E-state index contributed by atoms with van der Waals surface area (Å²) in [6.45, 7) is 9.30. The van der Waals surface area contributed by atoms with Crippen molar-refractivity contribution in [1.82, 2.24) is 9.55 Å². The first-order chi connectivity index (χ1) is 17.5. The van der Waals surface area contributed by atoms with E-state index >= 15 is 0 Å². The van der Waals surface area contributed by atoms with Gasteiger partial charge in [-0.1, -0.05) is 94.4 Å². The zero-order valence-corrected chi connectivity index (χ0v) is 22.3. The van der Waals surface area contributed by atoms with Gasteiger partial charge in [-0.3, -0.25) is 4.57 Å². The predicted octanol–water partition coefficient (Wildman–Crippen LogP) is 9.46. The highest BCUT2D eigenvalue weighted by atomic mass is 32.1. The molecule has 0 aliphatic heterocycles. The highest BCUT2D eigenvalue weighted by Crippen LogP contribution is 2.44. The zero-order chi connectivity index (χ0) is 24.8. The second-order valence-corrected chi connectivity index (χ2v) is 11.7. The lowest BCUT2D eigenvalue weighted by atomic mass is 9.92. The van der Waals surface area contributed by atoms with Crippen molar-refractivity contribution in [1.29, 1.82) is 0 Å². The molecule has 2 nitrogen and oxygen atoms in total. The number of nitrogens with zero attached hydrogens (tertiary/aromatic N) is 2. The van der Waals surface area contributed by atoms with Crippen molar-refractivity contribution in [2.75, 3.05) is 0 Å². The smallest absolute Gasteiger partial charge is 0.145 e. The molecule has 6 aromatic rings. The van der Waals surface area contributed by atoms with Crippen LogP contribution in [0, 0.1) is 11.8 Å². The maximum Gasteiger partial charge on any atom is 0.145 e. The van der Waals surface area contributed by atoms with Crippen LogP contribution in [0.4, 0.5) is 0 Å². The number of para-hydroxylation sites is 2. The van der Waals surface area contributed by atoms with Crippen LogP contribution in [0.2, 0.25) is 0 Å². The molecule has 180 valence electrons. The van der Waals surface area contributed by atoms with Crippen LogP contribution in [0.1, 0.15) is 38.8 Å². The lowest BCUT2D eigenvalue weighted by Crippen LogP contribution is -2.07. The van der Waals surface area contributed by atoms with E-state index in [1.807, 2.05) is 11.3 Å². The Morgan fingerprint density at radius 1 is 0.750 bits per heavy atom. The third-order valence-electron chi connectivity index (χ3n) is 6.85. The lowest BCUT2D eigenvalue weighted by Gasteiger charge is -2.20. The zero-order valence-electron chi connectivity index (χ0n) is 21.5. The third-order valence-corrected chi connectivity index (χ3v) is 8.10. The Labute approximate surface area is 217 Å². The monoisotopic (exact) mass is 488 g/mol. The number of benzene rings is 4. The van der Waals surface area contributed by atoms with Crippen LogP contribution in [-0.2, 0) is 12.8 Å². The van der Waals surface area contributed by atoms with Gasteiger partial charge in [0.25, 0.3) is 0 Å². The predicted molar refractivity (Wildman–Crippen MR) is 156 cm³/mol. The number of hydrogen-bond donors (Lipinski definition) is 0. The minimum absolute atomic E-state index is 0.549. The van der Waals surface area contributed by atoms with Gasteiger partial charge >= 0.3 is 0 Å². The molecule has 0 spiro atoms. The summed E-state index contributed by atoms with van der Waals surface area (Å²) < 4.78 is 5.22. The molecule has 0 saturated carbocycles. The highest BCUT2D eigenvalue weighted by Gasteiger charge is 2.24. The SMILES string of the molecule is CC(C)Cc1cc(CC(C)C)c2sc3ccccc3c2c1-n1c(-c2ccccc2)nc2ccccc21. The van der Waals surface area contributed by atoms with Crippen molar-refractivity contribution >= 4 is 42.5 Å². The summed E-state index contributed by atoms with van der Waals surface area (Å²) >= 11 is 1.94. The van der Waals surface area contributed by atoms with Gasteiger partial charge in [0.1, 0.15) is 5.82 Å². The molecule has 0 atom stereocenters. The molecule has 36 heavy (non-hydrogen) atoms. The summed E-state index contributed by atoms with van der Waals surface area (Å²) in [5, 5.41) is 2.73. The van der Waals surface area contributed by atoms with E-state index in [0.717, 1.165) is 35.3 Å². The molecule has 6 rings (SSSR count). The topological polar surface area (TPSA) is 17.8 Å². The maximum atomic E-state index is 5.19. The van der Waals surface area contributed by atoms with Crippen LogP contribution in [-0.4, -0.2) is 9.55 Å². The van der Waals surface area contributed by atoms with E-state index in [9.17, 15) is 0 Å². The molecular weight excluding hydrogens is 456 g/mol. The Bertz CT molecular complexity index is 1690. The van der Waals surface area contributed by atoms with E-state index < -0.39 is 0 Å². The van der Waals surface area contributed by atoms with Gasteiger partial charge in [0.15, 0.2) is 0 Å². The summed E-state index contributed by atoms with van der Waals surface area (Å²) in [7, 11) is 0. The van der Waals surface area contributed by atoms with E-state index in [4.69, 9.17) is 4.98 Å². The van der Waals surface area contributed by atoms with Crippen molar-refractivity contribution in [3.05, 3.63) is 96.1 Å². The fraction of sp³-hybridized carbons (Fsp3) is 0.242. The first-order valence-electron chi connectivity index (χ1n) is 13.0. The minimum Gasteiger partial charge on any atom is -0.291 e. The van der Waals surface area contributed by atoms with Gasteiger partial charge in [0.05, 0.1) is 16.7 Å². The second-order valence-electron chi connectivity index (χ2n) is 10.7. The molecule has 0 N–H and O–H groups in total. The first-order valence-corrected chi connectivity index (χ1v) is 13.8. The Morgan fingerprint density at radius 3 is 2.19 bits per heavy atom. The van der Waals surface area contributed by atoms with E-state index in [1.165, 1.54) is 37.0 Å². The van der Waals surface area contributed by atoms with Crippen LogP contribution in [0.5, 0.6) is 0 Å². The molecule has 0 fully saturated rings. The Kier molecular flexibility index (Phi) is 5.89. The summed E-state index contributed by atoms with van der Waals surface area (Å²) in [5.74, 6) is 2.16. The molecule has 3 heteroatoms. The minimum atomic E-state index is 0.549. The number of rotatable bonds is 6. The van der Waals surface area contributed by atoms with Crippen molar-refractivity contribution in [2.24, 2.45) is 11.8 Å². The van der Waals surface area contributed by atoms with Crippen LogP contribution in [0.25, 0.3) is 48.3 Å². The lowest BCUT2D eigenvalue weighted by molar-refractivity contribution is 0.637. The summed E-state index contributed by atoms with van der Waals surface area (Å²) in [6, 6.07) is 30.6. The number of aromatic nitrogens is 2. The van der Waals surface area contributed by atoms with Crippen molar-refractivity contribution in [2.45, 2.75) is 40.5 Å². The number of thiophene rings is 1. The fourth-order valence-electron chi connectivity index (χ4n) is 5.49. The molecule has 0 radical (unpaired) electrons. The molecule has 2 heterocycles. The van der Waals surface area contributed by atoms with Gasteiger partial charge in [-0.2, -0.15) is 0 Å². The number of imidazole rings is 1. The normalized spacial score (nSPS) is 12.1. The molecule has 4 aromatic carbocycles. The summed E-state index contributed by atoms with van der Waals surface area (Å²) in [5.41, 5.74) is 7.53. The van der Waals surface area contributed by atoms with Crippen LogP contribution in [0.15, 0.2) is 84.9 Å². The molecular formula is C33H32N2S. The molecule has 0 aliphatic rings.